The van der Waals surface area contributed by atoms with Crippen LogP contribution in [0.25, 0.3) is 0 Å². The highest BCUT2D eigenvalue weighted by Gasteiger charge is 2.10. The fraction of sp³-hybridized carbons (Fsp3) is 0.450. The number of morpholine rings is 1. The zero-order chi connectivity index (χ0) is 18.0. The van der Waals surface area contributed by atoms with Gasteiger partial charge in [0.1, 0.15) is 0 Å². The molecule has 7 heteroatoms. The molecule has 0 bridgehead atoms. The van der Waals surface area contributed by atoms with Crippen molar-refractivity contribution >= 4 is 41.3 Å². The van der Waals surface area contributed by atoms with Gasteiger partial charge in [-0.1, -0.05) is 24.3 Å². The molecule has 0 aliphatic carbocycles. The Balaban J connectivity index is 0.00000261. The molecular weight excluding hydrogens is 471 g/mol. The van der Waals surface area contributed by atoms with Gasteiger partial charge in [-0.2, -0.15) is 11.3 Å². The molecule has 1 aromatic carbocycles. The van der Waals surface area contributed by atoms with Crippen LogP contribution in [0.3, 0.4) is 0 Å². The van der Waals surface area contributed by atoms with E-state index < -0.39 is 0 Å². The second kappa shape index (κ2) is 12.3. The molecule has 1 fully saturated rings. The Morgan fingerprint density at radius 2 is 1.96 bits per heavy atom. The van der Waals surface area contributed by atoms with Gasteiger partial charge in [0.2, 0.25) is 0 Å². The number of nitrogens with one attached hydrogen (secondary N) is 2. The van der Waals surface area contributed by atoms with Crippen LogP contribution in [-0.2, 0) is 24.4 Å². The molecule has 1 aliphatic rings. The molecule has 2 heterocycles. The van der Waals surface area contributed by atoms with E-state index in [0.29, 0.717) is 6.54 Å². The molecule has 148 valence electrons. The number of halogens is 1. The van der Waals surface area contributed by atoms with Crippen LogP contribution in [0.1, 0.15) is 23.6 Å². The van der Waals surface area contributed by atoms with E-state index in [2.05, 4.69) is 68.5 Å². The SMILES string of the molecule is CCNC(=NCc1ccsc1)NCc1cccc(CN2CCOCC2)c1.I. The van der Waals surface area contributed by atoms with Crippen molar-refractivity contribution in [3.05, 3.63) is 57.8 Å². The van der Waals surface area contributed by atoms with Crippen LogP contribution in [-0.4, -0.2) is 43.7 Å². The Bertz CT molecular complexity index is 687. The standard InChI is InChI=1S/C20H28N4OS.HI/c1-2-21-20(23-14-19-6-11-26-16-19)22-13-17-4-3-5-18(12-17)15-24-7-9-25-10-8-24;/h3-6,11-12,16H,2,7-10,13-15H2,1H3,(H2,21,22,23);1H. The number of nitrogens with zero attached hydrogens (tertiary/aromatic N) is 2. The molecule has 2 aromatic rings. The maximum atomic E-state index is 5.43. The van der Waals surface area contributed by atoms with E-state index in [-0.39, 0.29) is 24.0 Å². The van der Waals surface area contributed by atoms with Gasteiger partial charge in [-0.3, -0.25) is 4.90 Å². The molecule has 3 rings (SSSR count). The van der Waals surface area contributed by atoms with Crippen molar-refractivity contribution < 1.29 is 4.74 Å². The summed E-state index contributed by atoms with van der Waals surface area (Å²) in [6.07, 6.45) is 0. The third kappa shape index (κ3) is 7.77. The summed E-state index contributed by atoms with van der Waals surface area (Å²) in [4.78, 5) is 7.11. The summed E-state index contributed by atoms with van der Waals surface area (Å²) >= 11 is 1.71. The molecule has 0 unspecified atom stereocenters. The molecule has 5 nitrogen and oxygen atoms in total. The molecule has 0 atom stereocenters. The molecule has 0 radical (unpaired) electrons. The van der Waals surface area contributed by atoms with Crippen molar-refractivity contribution in [2.75, 3.05) is 32.8 Å². The normalized spacial score (nSPS) is 15.2. The van der Waals surface area contributed by atoms with Gasteiger partial charge in [-0.05, 0) is 40.4 Å². The zero-order valence-electron chi connectivity index (χ0n) is 15.8. The van der Waals surface area contributed by atoms with Gasteiger partial charge < -0.3 is 15.4 Å². The van der Waals surface area contributed by atoms with Crippen LogP contribution < -0.4 is 10.6 Å². The van der Waals surface area contributed by atoms with E-state index >= 15 is 0 Å². The van der Waals surface area contributed by atoms with Crippen LogP contribution in [0.15, 0.2) is 46.1 Å². The molecule has 1 aromatic heterocycles. The third-order valence-electron chi connectivity index (χ3n) is 4.31. The van der Waals surface area contributed by atoms with Crippen LogP contribution in [0.5, 0.6) is 0 Å². The first-order valence-corrected chi connectivity index (χ1v) is 10.2. The number of benzene rings is 1. The summed E-state index contributed by atoms with van der Waals surface area (Å²) < 4.78 is 5.43. The van der Waals surface area contributed by atoms with Crippen molar-refractivity contribution in [2.24, 2.45) is 4.99 Å². The molecule has 0 saturated carbocycles. The lowest BCUT2D eigenvalue weighted by Crippen LogP contribution is -2.37. The highest BCUT2D eigenvalue weighted by molar-refractivity contribution is 14.0. The number of aliphatic imine (C=N–C) groups is 1. The fourth-order valence-corrected chi connectivity index (χ4v) is 3.60. The minimum absolute atomic E-state index is 0. The zero-order valence-corrected chi connectivity index (χ0v) is 19.0. The van der Waals surface area contributed by atoms with Crippen LogP contribution in [0.4, 0.5) is 0 Å². The lowest BCUT2D eigenvalue weighted by Gasteiger charge is -2.26. The Morgan fingerprint density at radius 1 is 1.15 bits per heavy atom. The van der Waals surface area contributed by atoms with E-state index in [1.54, 1.807) is 11.3 Å². The third-order valence-corrected chi connectivity index (χ3v) is 5.04. The summed E-state index contributed by atoms with van der Waals surface area (Å²) in [6.45, 7) is 9.12. The molecular formula is C20H29IN4OS. The Kier molecular flexibility index (Phi) is 10.1. The van der Waals surface area contributed by atoms with Crippen molar-refractivity contribution in [2.45, 2.75) is 26.6 Å². The quantitative estimate of drug-likeness (QED) is 0.348. The average molecular weight is 500 g/mol. The summed E-state index contributed by atoms with van der Waals surface area (Å²) in [5.74, 6) is 0.859. The number of ether oxygens (including phenoxy) is 1. The van der Waals surface area contributed by atoms with Crippen molar-refractivity contribution in [3.63, 3.8) is 0 Å². The first-order chi connectivity index (χ1) is 12.8. The lowest BCUT2D eigenvalue weighted by atomic mass is 10.1. The Hall–Kier alpha value is -1.16. The summed E-state index contributed by atoms with van der Waals surface area (Å²) in [5, 5.41) is 11.0. The minimum Gasteiger partial charge on any atom is -0.379 e. The van der Waals surface area contributed by atoms with Gasteiger partial charge in [-0.25, -0.2) is 4.99 Å². The van der Waals surface area contributed by atoms with Gasteiger partial charge >= 0.3 is 0 Å². The van der Waals surface area contributed by atoms with Crippen molar-refractivity contribution in [1.29, 1.82) is 0 Å². The molecule has 27 heavy (non-hydrogen) atoms. The Labute approximate surface area is 183 Å². The molecule has 1 saturated heterocycles. The lowest BCUT2D eigenvalue weighted by molar-refractivity contribution is 0.0342. The van der Waals surface area contributed by atoms with Gasteiger partial charge in [0.25, 0.3) is 0 Å². The predicted octanol–water partition coefficient (Wildman–Crippen LogP) is 3.45. The van der Waals surface area contributed by atoms with Crippen molar-refractivity contribution in [1.82, 2.24) is 15.5 Å². The van der Waals surface area contributed by atoms with Crippen LogP contribution >= 0.6 is 35.3 Å². The number of hydrogen-bond acceptors (Lipinski definition) is 4. The molecule has 0 spiro atoms. The average Bonchev–Trinajstić information content (AvgIpc) is 3.19. The summed E-state index contributed by atoms with van der Waals surface area (Å²) in [5.41, 5.74) is 3.88. The maximum Gasteiger partial charge on any atom is 0.191 e. The summed E-state index contributed by atoms with van der Waals surface area (Å²) in [6, 6.07) is 10.9. The first kappa shape index (κ1) is 22.1. The van der Waals surface area contributed by atoms with Crippen LogP contribution in [0, 0.1) is 0 Å². The maximum absolute atomic E-state index is 5.43. The smallest absolute Gasteiger partial charge is 0.191 e. The van der Waals surface area contributed by atoms with E-state index in [1.165, 1.54) is 16.7 Å². The van der Waals surface area contributed by atoms with E-state index in [9.17, 15) is 0 Å². The van der Waals surface area contributed by atoms with Crippen LogP contribution in [0.2, 0.25) is 0 Å². The number of guanidine groups is 1. The molecule has 2 N–H and O–H groups in total. The molecule has 1 aliphatic heterocycles. The van der Waals surface area contributed by atoms with E-state index in [4.69, 9.17) is 4.74 Å². The second-order valence-electron chi connectivity index (χ2n) is 6.39. The number of thiophene rings is 1. The first-order valence-electron chi connectivity index (χ1n) is 9.24. The number of rotatable bonds is 7. The second-order valence-corrected chi connectivity index (χ2v) is 7.17. The molecule has 0 amide bonds. The number of hydrogen-bond donors (Lipinski definition) is 2. The van der Waals surface area contributed by atoms with Gasteiger partial charge in [0, 0.05) is 32.7 Å². The van der Waals surface area contributed by atoms with Gasteiger partial charge in [-0.15, -0.1) is 24.0 Å². The fourth-order valence-electron chi connectivity index (χ4n) is 2.94. The highest BCUT2D eigenvalue weighted by atomic mass is 127. The van der Waals surface area contributed by atoms with E-state index in [1.807, 2.05) is 0 Å². The summed E-state index contributed by atoms with van der Waals surface area (Å²) in [7, 11) is 0. The topological polar surface area (TPSA) is 48.9 Å². The van der Waals surface area contributed by atoms with Gasteiger partial charge in [0.05, 0.1) is 19.8 Å². The van der Waals surface area contributed by atoms with E-state index in [0.717, 1.165) is 51.9 Å². The largest absolute Gasteiger partial charge is 0.379 e. The monoisotopic (exact) mass is 500 g/mol. The minimum atomic E-state index is 0. The van der Waals surface area contributed by atoms with Crippen molar-refractivity contribution in [3.8, 4) is 0 Å². The predicted molar refractivity (Wildman–Crippen MR) is 124 cm³/mol. The highest BCUT2D eigenvalue weighted by Crippen LogP contribution is 2.10. The Morgan fingerprint density at radius 3 is 2.70 bits per heavy atom. The van der Waals surface area contributed by atoms with Gasteiger partial charge in [0.15, 0.2) is 5.96 Å².